The minimum absolute atomic E-state index is 0.143. The molecule has 1 fully saturated rings. The van der Waals surface area contributed by atoms with Gasteiger partial charge in [0.2, 0.25) is 5.91 Å². The third-order valence-electron chi connectivity index (χ3n) is 4.71. The topological polar surface area (TPSA) is 78.5 Å². The molecular weight excluding hydrogens is 342 g/mol. The molecule has 6 nitrogen and oxygen atoms in total. The summed E-state index contributed by atoms with van der Waals surface area (Å²) in [4.78, 5) is 38.2. The van der Waals surface area contributed by atoms with E-state index in [4.69, 9.17) is 0 Å². The number of carbonyl (C=O) groups is 3. The SMILES string of the molecule is C[C@@H](c1ccccc1)N1C(=O)N[C@@H](CCC(=O)NCc2ccccc2)C1=O. The van der Waals surface area contributed by atoms with Crippen LogP contribution in [0.25, 0.3) is 0 Å². The number of hydrogen-bond acceptors (Lipinski definition) is 3. The number of amides is 4. The fourth-order valence-corrected chi connectivity index (χ4v) is 3.15. The van der Waals surface area contributed by atoms with Crippen LogP contribution in [0.2, 0.25) is 0 Å². The van der Waals surface area contributed by atoms with Gasteiger partial charge >= 0.3 is 6.03 Å². The summed E-state index contributed by atoms with van der Waals surface area (Å²) >= 11 is 0. The van der Waals surface area contributed by atoms with Gasteiger partial charge in [0.25, 0.3) is 5.91 Å². The molecule has 1 aliphatic rings. The van der Waals surface area contributed by atoms with Gasteiger partial charge in [-0.1, -0.05) is 60.7 Å². The Morgan fingerprint density at radius 1 is 1.07 bits per heavy atom. The Kier molecular flexibility index (Phi) is 5.86. The van der Waals surface area contributed by atoms with Crippen molar-refractivity contribution in [2.75, 3.05) is 0 Å². The van der Waals surface area contributed by atoms with Crippen molar-refractivity contribution in [1.29, 1.82) is 0 Å². The summed E-state index contributed by atoms with van der Waals surface area (Å²) in [7, 11) is 0. The number of carbonyl (C=O) groups excluding carboxylic acids is 3. The molecule has 3 rings (SSSR count). The minimum atomic E-state index is -0.661. The highest BCUT2D eigenvalue weighted by atomic mass is 16.2. The summed E-state index contributed by atoms with van der Waals surface area (Å²) in [6.07, 6.45) is 0.459. The smallest absolute Gasteiger partial charge is 0.325 e. The minimum Gasteiger partial charge on any atom is -0.352 e. The number of imide groups is 1. The fourth-order valence-electron chi connectivity index (χ4n) is 3.15. The van der Waals surface area contributed by atoms with Crippen molar-refractivity contribution in [3.05, 3.63) is 71.8 Å². The first kappa shape index (κ1) is 18.6. The number of rotatable bonds is 7. The van der Waals surface area contributed by atoms with Crippen LogP contribution in [-0.2, 0) is 16.1 Å². The molecule has 0 aliphatic carbocycles. The van der Waals surface area contributed by atoms with Gasteiger partial charge in [-0.3, -0.25) is 14.5 Å². The van der Waals surface area contributed by atoms with Crippen molar-refractivity contribution in [3.63, 3.8) is 0 Å². The quantitative estimate of drug-likeness (QED) is 0.741. The lowest BCUT2D eigenvalue weighted by molar-refractivity contribution is -0.129. The van der Waals surface area contributed by atoms with Gasteiger partial charge in [0.15, 0.2) is 0 Å². The molecule has 0 aromatic heterocycles. The molecule has 1 saturated heterocycles. The molecule has 0 radical (unpaired) electrons. The Balaban J connectivity index is 1.52. The lowest BCUT2D eigenvalue weighted by Gasteiger charge is -2.21. The van der Waals surface area contributed by atoms with Crippen LogP contribution < -0.4 is 10.6 Å². The van der Waals surface area contributed by atoms with Crippen LogP contribution in [0.15, 0.2) is 60.7 Å². The van der Waals surface area contributed by atoms with E-state index in [0.29, 0.717) is 6.54 Å². The fraction of sp³-hybridized carbons (Fsp3) is 0.286. The van der Waals surface area contributed by atoms with Gasteiger partial charge in [-0.2, -0.15) is 0 Å². The standard InChI is InChI=1S/C21H23N3O3/c1-15(17-10-6-3-7-11-17)24-20(26)18(23-21(24)27)12-13-19(25)22-14-16-8-4-2-5-9-16/h2-11,15,18H,12-14H2,1H3,(H,22,25)(H,23,27)/t15-,18-/m0/s1. The Hall–Kier alpha value is -3.15. The summed E-state index contributed by atoms with van der Waals surface area (Å²) in [5.74, 6) is -0.428. The van der Waals surface area contributed by atoms with E-state index in [9.17, 15) is 14.4 Å². The molecule has 2 aromatic carbocycles. The molecule has 140 valence electrons. The van der Waals surface area contributed by atoms with Crippen molar-refractivity contribution in [2.45, 2.75) is 38.4 Å². The van der Waals surface area contributed by atoms with Crippen LogP contribution in [0.3, 0.4) is 0 Å². The molecular formula is C21H23N3O3. The summed E-state index contributed by atoms with van der Waals surface area (Å²) in [6.45, 7) is 2.27. The summed E-state index contributed by atoms with van der Waals surface area (Å²) in [5, 5.41) is 5.52. The highest BCUT2D eigenvalue weighted by molar-refractivity contribution is 6.04. The van der Waals surface area contributed by atoms with Gasteiger partial charge in [-0.05, 0) is 24.5 Å². The maximum atomic E-state index is 12.6. The van der Waals surface area contributed by atoms with Crippen LogP contribution >= 0.6 is 0 Å². The molecule has 0 saturated carbocycles. The Bertz CT molecular complexity index is 808. The van der Waals surface area contributed by atoms with Crippen molar-refractivity contribution in [1.82, 2.24) is 15.5 Å². The second-order valence-electron chi connectivity index (χ2n) is 6.60. The summed E-state index contributed by atoms with van der Waals surface area (Å²) < 4.78 is 0. The first-order valence-electron chi connectivity index (χ1n) is 9.05. The lowest BCUT2D eigenvalue weighted by Crippen LogP contribution is -2.34. The van der Waals surface area contributed by atoms with Gasteiger partial charge in [-0.25, -0.2) is 4.79 Å². The number of urea groups is 1. The highest BCUT2D eigenvalue weighted by Gasteiger charge is 2.40. The second-order valence-corrected chi connectivity index (χ2v) is 6.60. The third kappa shape index (κ3) is 4.53. The number of nitrogens with zero attached hydrogens (tertiary/aromatic N) is 1. The Morgan fingerprint density at radius 3 is 2.37 bits per heavy atom. The van der Waals surface area contributed by atoms with Crippen molar-refractivity contribution in [3.8, 4) is 0 Å². The van der Waals surface area contributed by atoms with Crippen LogP contribution in [0, 0.1) is 0 Å². The van der Waals surface area contributed by atoms with E-state index >= 15 is 0 Å². The van der Waals surface area contributed by atoms with Crippen molar-refractivity contribution in [2.24, 2.45) is 0 Å². The largest absolute Gasteiger partial charge is 0.352 e. The third-order valence-corrected chi connectivity index (χ3v) is 4.71. The maximum absolute atomic E-state index is 12.6. The Labute approximate surface area is 158 Å². The first-order valence-corrected chi connectivity index (χ1v) is 9.05. The average molecular weight is 365 g/mol. The molecule has 1 heterocycles. The van der Waals surface area contributed by atoms with Crippen LogP contribution in [0.4, 0.5) is 4.79 Å². The Morgan fingerprint density at radius 2 is 1.70 bits per heavy atom. The lowest BCUT2D eigenvalue weighted by atomic mass is 10.1. The van der Waals surface area contributed by atoms with E-state index in [0.717, 1.165) is 11.1 Å². The molecule has 1 aliphatic heterocycles. The van der Waals surface area contributed by atoms with Crippen LogP contribution in [-0.4, -0.2) is 28.8 Å². The van der Waals surface area contributed by atoms with Crippen molar-refractivity contribution < 1.29 is 14.4 Å². The number of benzene rings is 2. The zero-order valence-electron chi connectivity index (χ0n) is 15.2. The average Bonchev–Trinajstić information content (AvgIpc) is 2.99. The van der Waals surface area contributed by atoms with Gasteiger partial charge in [0.1, 0.15) is 6.04 Å². The molecule has 2 aromatic rings. The van der Waals surface area contributed by atoms with Gasteiger partial charge in [0.05, 0.1) is 6.04 Å². The number of nitrogens with one attached hydrogen (secondary N) is 2. The van der Waals surface area contributed by atoms with Gasteiger partial charge < -0.3 is 10.6 Å². The van der Waals surface area contributed by atoms with E-state index < -0.39 is 12.1 Å². The molecule has 4 amide bonds. The molecule has 0 bridgehead atoms. The van der Waals surface area contributed by atoms with E-state index in [1.54, 1.807) is 0 Å². The van der Waals surface area contributed by atoms with Crippen LogP contribution in [0.1, 0.15) is 36.9 Å². The van der Waals surface area contributed by atoms with E-state index in [1.807, 2.05) is 67.6 Å². The van der Waals surface area contributed by atoms with E-state index in [-0.39, 0.29) is 30.7 Å². The molecule has 6 heteroatoms. The molecule has 27 heavy (non-hydrogen) atoms. The van der Waals surface area contributed by atoms with Crippen LogP contribution in [0.5, 0.6) is 0 Å². The predicted octanol–water partition coefficient (Wildman–Crippen LogP) is 2.76. The summed E-state index contributed by atoms with van der Waals surface area (Å²) in [5.41, 5.74) is 1.90. The predicted molar refractivity (Wildman–Crippen MR) is 102 cm³/mol. The van der Waals surface area contributed by atoms with E-state index in [2.05, 4.69) is 10.6 Å². The first-order chi connectivity index (χ1) is 13.1. The molecule has 0 spiro atoms. The zero-order valence-corrected chi connectivity index (χ0v) is 15.2. The highest BCUT2D eigenvalue weighted by Crippen LogP contribution is 2.25. The zero-order chi connectivity index (χ0) is 19.2. The normalized spacial score (nSPS) is 17.5. The number of hydrogen-bond donors (Lipinski definition) is 2. The van der Waals surface area contributed by atoms with Gasteiger partial charge in [-0.15, -0.1) is 0 Å². The molecule has 0 unspecified atom stereocenters. The maximum Gasteiger partial charge on any atom is 0.325 e. The van der Waals surface area contributed by atoms with Gasteiger partial charge in [0, 0.05) is 13.0 Å². The monoisotopic (exact) mass is 365 g/mol. The summed E-state index contributed by atoms with van der Waals surface area (Å²) in [6, 6.07) is 17.6. The second kappa shape index (κ2) is 8.49. The van der Waals surface area contributed by atoms with Crippen molar-refractivity contribution >= 4 is 17.8 Å². The van der Waals surface area contributed by atoms with E-state index in [1.165, 1.54) is 4.90 Å². The molecule has 2 N–H and O–H groups in total. The molecule has 2 atom stereocenters.